The molecule has 2 heterocycles. The first-order valence-corrected chi connectivity index (χ1v) is 16.7. The number of allylic oxidation sites excluding steroid dienone is 2. The second-order valence-electron chi connectivity index (χ2n) is 12.7. The lowest BCUT2D eigenvalue weighted by Crippen LogP contribution is -2.04. The molecule has 0 saturated heterocycles. The molecular weight excluding hydrogens is 609 g/mol. The number of benzene rings is 5. The van der Waals surface area contributed by atoms with Crippen molar-refractivity contribution >= 4 is 34.0 Å². The van der Waals surface area contributed by atoms with Crippen LogP contribution in [-0.4, -0.2) is 9.13 Å². The van der Waals surface area contributed by atoms with Gasteiger partial charge >= 0.3 is 0 Å². The van der Waals surface area contributed by atoms with E-state index in [2.05, 4.69) is 113 Å². The van der Waals surface area contributed by atoms with Crippen LogP contribution in [0.4, 0.5) is 0 Å². The number of nitrogens with zero attached hydrogens (tertiary/aromatic N) is 4. The number of para-hydroxylation sites is 1. The Bertz CT molecular complexity index is 2710. The van der Waals surface area contributed by atoms with Gasteiger partial charge in [-0.3, -0.25) is 0 Å². The molecule has 0 fully saturated rings. The zero-order chi connectivity index (χ0) is 34.4. The average Bonchev–Trinajstić information content (AvgIpc) is 3.64. The minimum Gasteiger partial charge on any atom is -0.310 e. The van der Waals surface area contributed by atoms with Crippen molar-refractivity contribution < 1.29 is 0 Å². The highest BCUT2D eigenvalue weighted by Gasteiger charge is 2.23. The first-order valence-electron chi connectivity index (χ1n) is 16.7. The highest BCUT2D eigenvalue weighted by atomic mass is 15.0. The molecule has 0 bridgehead atoms. The predicted molar refractivity (Wildman–Crippen MR) is 205 cm³/mol. The number of nitriles is 2. The third-order valence-electron chi connectivity index (χ3n) is 9.96. The van der Waals surface area contributed by atoms with Crippen LogP contribution in [0, 0.1) is 48.9 Å². The Morgan fingerprint density at radius 1 is 0.740 bits per heavy atom. The van der Waals surface area contributed by atoms with Crippen molar-refractivity contribution in [3.63, 3.8) is 0 Å². The summed E-state index contributed by atoms with van der Waals surface area (Å²) in [5.41, 5.74) is 14.7. The SMILES string of the molecule is C#C/C=C\c1c(C)c2c(n1-c1cccc(-c3ccccc3-c3ccc(C)c(C#N)c3-n3c4ccccc4c4ccc(C#N)cc43)c1)C=CCC2. The van der Waals surface area contributed by atoms with Gasteiger partial charge in [-0.15, -0.1) is 6.42 Å². The molecule has 0 saturated carbocycles. The zero-order valence-corrected chi connectivity index (χ0v) is 27.9. The summed E-state index contributed by atoms with van der Waals surface area (Å²) in [6, 6.07) is 40.1. The largest absolute Gasteiger partial charge is 0.310 e. The van der Waals surface area contributed by atoms with E-state index in [0.29, 0.717) is 11.1 Å². The van der Waals surface area contributed by atoms with Crippen LogP contribution in [0.3, 0.4) is 0 Å². The van der Waals surface area contributed by atoms with Gasteiger partial charge in [-0.05, 0) is 109 Å². The van der Waals surface area contributed by atoms with Crippen LogP contribution in [0.2, 0.25) is 0 Å². The van der Waals surface area contributed by atoms with Gasteiger partial charge in [-0.1, -0.05) is 84.8 Å². The van der Waals surface area contributed by atoms with Gasteiger partial charge in [0.25, 0.3) is 0 Å². The van der Waals surface area contributed by atoms with Gasteiger partial charge in [-0.2, -0.15) is 10.5 Å². The van der Waals surface area contributed by atoms with E-state index in [1.54, 1.807) is 6.08 Å². The van der Waals surface area contributed by atoms with Crippen LogP contribution >= 0.6 is 0 Å². The van der Waals surface area contributed by atoms with Gasteiger partial charge in [0.05, 0.1) is 39.6 Å². The predicted octanol–water partition coefficient (Wildman–Crippen LogP) is 10.9. The Balaban J connectivity index is 1.39. The van der Waals surface area contributed by atoms with Crippen molar-refractivity contribution in [2.45, 2.75) is 26.7 Å². The van der Waals surface area contributed by atoms with Gasteiger partial charge < -0.3 is 9.13 Å². The van der Waals surface area contributed by atoms with Gasteiger partial charge in [0.15, 0.2) is 0 Å². The van der Waals surface area contributed by atoms with E-state index in [4.69, 9.17) is 6.42 Å². The number of fused-ring (bicyclic) bond motifs is 4. The third kappa shape index (κ3) is 4.77. The number of terminal acetylenes is 1. The van der Waals surface area contributed by atoms with Crippen LogP contribution in [0.25, 0.3) is 67.6 Å². The number of hydrogen-bond donors (Lipinski definition) is 0. The molecule has 1 aliphatic rings. The van der Waals surface area contributed by atoms with E-state index in [-0.39, 0.29) is 0 Å². The highest BCUT2D eigenvalue weighted by Crippen LogP contribution is 2.42. The minimum atomic E-state index is 0.570. The standard InChI is InChI=1S/C46H32N4/c1-4-5-19-42-31(3)35-15-8-10-20-43(35)49(42)34-14-12-13-33(27-34)36-16-6-7-17-37(36)40-24-22-30(2)41(29-48)46(40)50-44-21-11-9-18-38(44)39-25-23-32(28-47)26-45(39)50/h1,5-7,9-14,16-27H,8,15H2,2-3H3/b19-5-. The molecular formula is C46H32N4. The molecule has 1 aliphatic carbocycles. The van der Waals surface area contributed by atoms with Crippen molar-refractivity contribution in [3.8, 4) is 58.1 Å². The van der Waals surface area contributed by atoms with E-state index in [0.717, 1.165) is 79.5 Å². The summed E-state index contributed by atoms with van der Waals surface area (Å²) in [5, 5.41) is 22.7. The van der Waals surface area contributed by atoms with Crippen LogP contribution in [0.5, 0.6) is 0 Å². The maximum absolute atomic E-state index is 10.7. The fourth-order valence-corrected chi connectivity index (χ4v) is 7.64. The number of aryl methyl sites for hydroxylation is 1. The van der Waals surface area contributed by atoms with E-state index in [1.807, 2.05) is 49.4 Å². The van der Waals surface area contributed by atoms with Crippen molar-refractivity contribution in [3.05, 3.63) is 154 Å². The monoisotopic (exact) mass is 640 g/mol. The number of aromatic nitrogens is 2. The Hall–Kier alpha value is -6.80. The fourth-order valence-electron chi connectivity index (χ4n) is 7.64. The second-order valence-corrected chi connectivity index (χ2v) is 12.7. The Kier molecular flexibility index (Phi) is 7.53. The van der Waals surface area contributed by atoms with Crippen molar-refractivity contribution in [2.75, 3.05) is 0 Å². The van der Waals surface area contributed by atoms with Crippen LogP contribution in [0.1, 0.15) is 45.6 Å². The van der Waals surface area contributed by atoms with Gasteiger partial charge in [-0.25, -0.2) is 0 Å². The quantitative estimate of drug-likeness (QED) is 0.176. The molecule has 236 valence electrons. The average molecular weight is 641 g/mol. The lowest BCUT2D eigenvalue weighted by atomic mass is 9.90. The molecule has 7 aromatic rings. The van der Waals surface area contributed by atoms with Crippen LogP contribution in [0.15, 0.2) is 115 Å². The Labute approximate surface area is 292 Å². The Morgan fingerprint density at radius 3 is 2.36 bits per heavy atom. The van der Waals surface area contributed by atoms with Crippen LogP contribution < -0.4 is 0 Å². The normalized spacial score (nSPS) is 12.2. The molecule has 0 N–H and O–H groups in total. The third-order valence-corrected chi connectivity index (χ3v) is 9.96. The van der Waals surface area contributed by atoms with Gasteiger partial charge in [0.1, 0.15) is 6.07 Å². The summed E-state index contributed by atoms with van der Waals surface area (Å²) in [6.45, 7) is 4.17. The van der Waals surface area contributed by atoms with Crippen molar-refractivity contribution in [1.82, 2.24) is 9.13 Å². The molecule has 50 heavy (non-hydrogen) atoms. The lowest BCUT2D eigenvalue weighted by molar-refractivity contribution is 0.953. The Morgan fingerprint density at radius 2 is 1.54 bits per heavy atom. The van der Waals surface area contributed by atoms with Crippen molar-refractivity contribution in [1.29, 1.82) is 10.5 Å². The molecule has 0 amide bonds. The summed E-state index contributed by atoms with van der Waals surface area (Å²) < 4.78 is 4.49. The van der Waals surface area contributed by atoms with E-state index >= 15 is 0 Å². The molecule has 4 heteroatoms. The van der Waals surface area contributed by atoms with E-state index in [1.165, 1.54) is 16.8 Å². The molecule has 0 radical (unpaired) electrons. The fraction of sp³-hybridized carbons (Fsp3) is 0.0870. The van der Waals surface area contributed by atoms with Crippen LogP contribution in [-0.2, 0) is 6.42 Å². The first-order chi connectivity index (χ1) is 24.5. The lowest BCUT2D eigenvalue weighted by Gasteiger charge is -2.20. The maximum atomic E-state index is 10.7. The maximum Gasteiger partial charge on any atom is 0.102 e. The summed E-state index contributed by atoms with van der Waals surface area (Å²) in [7, 11) is 0. The number of hydrogen-bond acceptors (Lipinski definition) is 2. The molecule has 4 nitrogen and oxygen atoms in total. The molecule has 0 spiro atoms. The molecule has 0 atom stereocenters. The second kappa shape index (κ2) is 12.3. The molecule has 2 aromatic heterocycles. The molecule has 0 unspecified atom stereocenters. The van der Waals surface area contributed by atoms with E-state index in [9.17, 15) is 10.5 Å². The summed E-state index contributed by atoms with van der Waals surface area (Å²) in [5.74, 6) is 2.67. The van der Waals surface area contributed by atoms with Gasteiger partial charge in [0.2, 0.25) is 0 Å². The zero-order valence-electron chi connectivity index (χ0n) is 27.9. The summed E-state index contributed by atoms with van der Waals surface area (Å²) >= 11 is 0. The molecule has 8 rings (SSSR count). The van der Waals surface area contributed by atoms with E-state index < -0.39 is 0 Å². The topological polar surface area (TPSA) is 57.4 Å². The smallest absolute Gasteiger partial charge is 0.102 e. The van der Waals surface area contributed by atoms with Gasteiger partial charge in [0, 0.05) is 27.7 Å². The van der Waals surface area contributed by atoms with Crippen molar-refractivity contribution in [2.24, 2.45) is 0 Å². The molecule has 5 aromatic carbocycles. The summed E-state index contributed by atoms with van der Waals surface area (Å²) in [4.78, 5) is 0. The highest BCUT2D eigenvalue weighted by molar-refractivity contribution is 6.10. The summed E-state index contributed by atoms with van der Waals surface area (Å²) in [6.07, 6.45) is 16.0. The first kappa shape index (κ1) is 30.5. The number of rotatable bonds is 5. The minimum absolute atomic E-state index is 0.570. The molecule has 0 aliphatic heterocycles.